The maximum Gasteiger partial charge on any atom is 0.407 e. The van der Waals surface area contributed by atoms with Crippen LogP contribution in [0.2, 0.25) is 0 Å². The van der Waals surface area contributed by atoms with Crippen LogP contribution >= 0.6 is 0 Å². The molecule has 3 aliphatic carbocycles. The molecule has 5 aliphatic rings. The lowest BCUT2D eigenvalue weighted by molar-refractivity contribution is -0.135. The third-order valence-electron chi connectivity index (χ3n) is 13.7. The van der Waals surface area contributed by atoms with Gasteiger partial charge in [-0.15, -0.1) is 0 Å². The lowest BCUT2D eigenvalue weighted by Gasteiger charge is -2.53. The molecule has 4 amide bonds. The van der Waals surface area contributed by atoms with E-state index >= 15 is 0 Å². The number of hydrogen-bond donors (Lipinski definition) is 4. The highest BCUT2D eigenvalue weighted by molar-refractivity contribution is 5.88. The lowest BCUT2D eigenvalue weighted by Crippen LogP contribution is -2.51. The molecule has 2 aromatic heterocycles. The molecule has 2 aliphatic heterocycles. The van der Waals surface area contributed by atoms with E-state index in [4.69, 9.17) is 19.4 Å². The topological polar surface area (TPSA) is 175 Å². The fourth-order valence-electron chi connectivity index (χ4n) is 10.2. The molecule has 4 N–H and O–H groups in total. The first-order chi connectivity index (χ1) is 28.5. The van der Waals surface area contributed by atoms with Crippen LogP contribution in [0.4, 0.5) is 9.59 Å². The second kappa shape index (κ2) is 16.5. The number of fused-ring (bicyclic) bond motifs is 3. The van der Waals surface area contributed by atoms with Gasteiger partial charge in [-0.25, -0.2) is 19.6 Å². The van der Waals surface area contributed by atoms with Crippen LogP contribution < -0.4 is 10.6 Å². The summed E-state index contributed by atoms with van der Waals surface area (Å²) in [6, 6.07) is 16.3. The number of aromatic nitrogens is 4. The molecular weight excluding hydrogens is 749 g/mol. The number of H-pyrrole nitrogens is 2. The van der Waals surface area contributed by atoms with E-state index < -0.39 is 24.3 Å². The Hall–Kier alpha value is -5.66. The zero-order valence-corrected chi connectivity index (χ0v) is 34.5. The van der Waals surface area contributed by atoms with Crippen LogP contribution in [0.5, 0.6) is 0 Å². The Morgan fingerprint density at radius 2 is 1.27 bits per heavy atom. The van der Waals surface area contributed by atoms with Crippen molar-refractivity contribution in [1.82, 2.24) is 40.4 Å². The van der Waals surface area contributed by atoms with E-state index in [1.54, 1.807) is 0 Å². The van der Waals surface area contributed by atoms with Gasteiger partial charge in [0.05, 0.1) is 38.2 Å². The molecule has 59 heavy (non-hydrogen) atoms. The zero-order chi connectivity index (χ0) is 41.3. The van der Waals surface area contributed by atoms with Crippen LogP contribution in [-0.4, -0.2) is 87.1 Å². The van der Waals surface area contributed by atoms with Crippen LogP contribution in [0.15, 0.2) is 67.0 Å². The second-order valence-corrected chi connectivity index (χ2v) is 17.2. The van der Waals surface area contributed by atoms with Crippen molar-refractivity contribution in [2.75, 3.05) is 27.3 Å². The molecule has 0 unspecified atom stereocenters. The van der Waals surface area contributed by atoms with Crippen molar-refractivity contribution in [3.05, 3.63) is 95.5 Å². The molecule has 0 spiro atoms. The summed E-state index contributed by atoms with van der Waals surface area (Å²) in [5.41, 5.74) is 5.37. The molecule has 3 saturated carbocycles. The predicted octanol–water partition coefficient (Wildman–Crippen LogP) is 7.15. The Kier molecular flexibility index (Phi) is 11.2. The molecule has 2 bridgehead atoms. The van der Waals surface area contributed by atoms with Crippen LogP contribution in [0.3, 0.4) is 0 Å². The molecule has 14 heteroatoms. The highest BCUT2D eigenvalue weighted by atomic mass is 16.5. The van der Waals surface area contributed by atoms with Gasteiger partial charge in [-0.2, -0.15) is 0 Å². The van der Waals surface area contributed by atoms with E-state index in [9.17, 15) is 19.2 Å². The first-order valence-electron chi connectivity index (χ1n) is 21.1. The summed E-state index contributed by atoms with van der Waals surface area (Å²) in [7, 11) is 2.60. The molecule has 14 nitrogen and oxygen atoms in total. The summed E-state index contributed by atoms with van der Waals surface area (Å²) >= 11 is 0. The smallest absolute Gasteiger partial charge is 0.407 e. The quantitative estimate of drug-likeness (QED) is 0.124. The van der Waals surface area contributed by atoms with Gasteiger partial charge < -0.3 is 39.9 Å². The number of ether oxygens (including phenoxy) is 2. The van der Waals surface area contributed by atoms with Crippen molar-refractivity contribution in [3.8, 4) is 11.3 Å². The Labute approximate surface area is 345 Å². The molecular formula is C45H56N8O6. The minimum atomic E-state index is -0.852. The summed E-state index contributed by atoms with van der Waals surface area (Å²) in [6.07, 6.45) is 12.4. The maximum absolute atomic E-state index is 14.0. The predicted molar refractivity (Wildman–Crippen MR) is 220 cm³/mol. The Morgan fingerprint density at radius 1 is 0.712 bits per heavy atom. The van der Waals surface area contributed by atoms with E-state index in [0.29, 0.717) is 18.7 Å². The molecule has 9 rings (SSSR count). The Morgan fingerprint density at radius 3 is 1.88 bits per heavy atom. The Bertz CT molecular complexity index is 2120. The number of alkyl carbamates (subject to hydrolysis) is 2. The van der Waals surface area contributed by atoms with Crippen molar-refractivity contribution in [2.24, 2.45) is 5.92 Å². The number of aromatic amines is 2. The number of carbonyl (C=O) groups is 4. The SMILES string of the molecule is COC(=O)N[C@@H](C(=O)N1CCC[C@H]1c1ncc(C23CCC(c4ccc(-c5cnc([C@@H]6CCCN6C(=O)[C@H](NC(=O)OC)C(C)C)[nH]5)cc4)(CC2)CC3)[nH]1)c1ccccc1. The minimum absolute atomic E-state index is 0.0335. The molecule has 4 heterocycles. The largest absolute Gasteiger partial charge is 0.453 e. The van der Waals surface area contributed by atoms with Crippen molar-refractivity contribution in [1.29, 1.82) is 0 Å². The number of carbonyl (C=O) groups excluding carboxylic acids is 4. The maximum atomic E-state index is 14.0. The molecule has 2 aromatic carbocycles. The zero-order valence-electron chi connectivity index (χ0n) is 34.5. The first-order valence-corrected chi connectivity index (χ1v) is 21.1. The normalized spacial score (nSPS) is 24.8. The van der Waals surface area contributed by atoms with E-state index in [1.807, 2.05) is 66.4 Å². The van der Waals surface area contributed by atoms with Crippen molar-refractivity contribution < 1.29 is 28.7 Å². The second-order valence-electron chi connectivity index (χ2n) is 17.2. The third-order valence-corrected chi connectivity index (χ3v) is 13.7. The Balaban J connectivity index is 0.917. The highest BCUT2D eigenvalue weighted by Crippen LogP contribution is 2.58. The number of benzene rings is 2. The number of nitrogens with zero attached hydrogens (tertiary/aromatic N) is 4. The highest BCUT2D eigenvalue weighted by Gasteiger charge is 2.51. The molecule has 4 aromatic rings. The number of imidazole rings is 2. The minimum Gasteiger partial charge on any atom is -0.453 e. The van der Waals surface area contributed by atoms with Crippen molar-refractivity contribution in [3.63, 3.8) is 0 Å². The lowest BCUT2D eigenvalue weighted by atomic mass is 9.51. The fraction of sp³-hybridized carbons (Fsp3) is 0.511. The van der Waals surface area contributed by atoms with Gasteiger partial charge in [-0.05, 0) is 92.2 Å². The number of nitrogens with one attached hydrogen (secondary N) is 4. The van der Waals surface area contributed by atoms with Gasteiger partial charge >= 0.3 is 12.2 Å². The van der Waals surface area contributed by atoms with Gasteiger partial charge in [0.15, 0.2) is 0 Å². The van der Waals surface area contributed by atoms with Crippen LogP contribution in [-0.2, 0) is 29.9 Å². The van der Waals surface area contributed by atoms with Crippen LogP contribution in [0.25, 0.3) is 11.3 Å². The van der Waals surface area contributed by atoms with Crippen molar-refractivity contribution >= 4 is 24.0 Å². The summed E-state index contributed by atoms with van der Waals surface area (Å²) in [5, 5.41) is 5.47. The number of hydrogen-bond acceptors (Lipinski definition) is 8. The molecule has 5 fully saturated rings. The van der Waals surface area contributed by atoms with E-state index in [1.165, 1.54) is 25.5 Å². The molecule has 4 atom stereocenters. The van der Waals surface area contributed by atoms with Gasteiger partial charge in [0, 0.05) is 30.4 Å². The van der Waals surface area contributed by atoms with Crippen molar-refractivity contribution in [2.45, 2.75) is 113 Å². The van der Waals surface area contributed by atoms with E-state index in [0.717, 1.165) is 87.1 Å². The van der Waals surface area contributed by atoms with Crippen LogP contribution in [0.1, 0.15) is 125 Å². The summed E-state index contributed by atoms with van der Waals surface area (Å²) in [5.74, 6) is 1.18. The summed E-state index contributed by atoms with van der Waals surface area (Å²) < 4.78 is 9.65. The average molecular weight is 805 g/mol. The van der Waals surface area contributed by atoms with E-state index in [-0.39, 0.29) is 40.6 Å². The summed E-state index contributed by atoms with van der Waals surface area (Å²) in [6.45, 7) is 5.03. The fourth-order valence-corrected chi connectivity index (χ4v) is 10.2. The van der Waals surface area contributed by atoms with Gasteiger partial charge in [0.25, 0.3) is 5.91 Å². The molecule has 0 radical (unpaired) electrons. The molecule has 312 valence electrons. The first kappa shape index (κ1) is 40.1. The number of likely N-dealkylation sites (tertiary alicyclic amines) is 2. The number of methoxy groups -OCH3 is 2. The number of rotatable bonds is 11. The summed E-state index contributed by atoms with van der Waals surface area (Å²) in [4.78, 5) is 72.5. The average Bonchev–Trinajstić information content (AvgIpc) is 4.12. The van der Waals surface area contributed by atoms with E-state index in [2.05, 4.69) is 44.9 Å². The monoisotopic (exact) mass is 804 g/mol. The van der Waals surface area contributed by atoms with Crippen LogP contribution in [0, 0.1) is 5.92 Å². The van der Waals surface area contributed by atoms with Gasteiger partial charge in [0.2, 0.25) is 5.91 Å². The van der Waals surface area contributed by atoms with Gasteiger partial charge in [0.1, 0.15) is 23.7 Å². The standard InChI is InChI=1S/C45H56N8O6/c1-28(2)36(50-42(56)58-3)40(54)52-24-8-12-33(52)38-46-26-32(48-38)29-14-16-31(17-15-29)44-18-21-45(22-19-44,23-20-44)35-27-47-39(49-35)34-13-9-25-53(34)41(55)37(51-43(57)59-4)30-10-6-5-7-11-30/h5-7,10-11,14-17,26-28,33-34,36-37H,8-9,12-13,18-25H2,1-4H3,(H,46,48)(H,47,49)(H,50,56)(H,51,57)/t33-,34-,36+,37+,44?,45?/m0/s1. The molecule has 2 saturated heterocycles. The number of amides is 4. The van der Waals surface area contributed by atoms with Gasteiger partial charge in [-0.1, -0.05) is 68.4 Å². The third kappa shape index (κ3) is 7.69. The van der Waals surface area contributed by atoms with Gasteiger partial charge in [-0.3, -0.25) is 9.59 Å².